The van der Waals surface area contributed by atoms with E-state index < -0.39 is 0 Å². The van der Waals surface area contributed by atoms with E-state index in [1.807, 2.05) is 19.1 Å². The number of benzene rings is 2. The van der Waals surface area contributed by atoms with Gasteiger partial charge in [-0.05, 0) is 49.6 Å². The van der Waals surface area contributed by atoms with Crippen LogP contribution in [0.25, 0.3) is 0 Å². The molecule has 6 nitrogen and oxygen atoms in total. The third-order valence-electron chi connectivity index (χ3n) is 4.31. The Morgan fingerprint density at radius 2 is 1.75 bits per heavy atom. The number of aliphatic imine (C=N–C) groups is 1. The van der Waals surface area contributed by atoms with E-state index >= 15 is 0 Å². The van der Waals surface area contributed by atoms with Crippen LogP contribution in [0, 0.1) is 6.92 Å². The Hall–Kier alpha value is -2.16. The zero-order valence-corrected chi connectivity index (χ0v) is 19.4. The standard InChI is InChI=1S/C21H29N3O3.HI/c1-6-22-21(24-15(3)17-10-8-7-9-14(17)2)23-13-16-11-18(26-4)20(25)19(12-16)27-5;/h7-12,15,25H,6,13H2,1-5H3,(H2,22,23,24);1H. The summed E-state index contributed by atoms with van der Waals surface area (Å²) in [7, 11) is 3.02. The van der Waals surface area contributed by atoms with E-state index in [0.29, 0.717) is 18.0 Å². The Morgan fingerprint density at radius 3 is 2.29 bits per heavy atom. The lowest BCUT2D eigenvalue weighted by Gasteiger charge is -2.20. The molecule has 1 atom stereocenters. The molecule has 1 unspecified atom stereocenters. The third kappa shape index (κ3) is 6.19. The second kappa shape index (κ2) is 11.6. The van der Waals surface area contributed by atoms with Crippen LogP contribution in [0.3, 0.4) is 0 Å². The van der Waals surface area contributed by atoms with Gasteiger partial charge in [-0.15, -0.1) is 24.0 Å². The first-order valence-corrected chi connectivity index (χ1v) is 9.04. The number of rotatable bonds is 7. The molecule has 2 aromatic carbocycles. The van der Waals surface area contributed by atoms with E-state index in [-0.39, 0.29) is 35.8 Å². The van der Waals surface area contributed by atoms with Crippen LogP contribution in [0.2, 0.25) is 0 Å². The van der Waals surface area contributed by atoms with Gasteiger partial charge in [0.1, 0.15) is 0 Å². The molecule has 7 heteroatoms. The van der Waals surface area contributed by atoms with Crippen LogP contribution in [0.4, 0.5) is 0 Å². The monoisotopic (exact) mass is 499 g/mol. The molecule has 2 aromatic rings. The van der Waals surface area contributed by atoms with Crippen molar-refractivity contribution < 1.29 is 14.6 Å². The largest absolute Gasteiger partial charge is 0.502 e. The number of hydrogen-bond donors (Lipinski definition) is 3. The van der Waals surface area contributed by atoms with Gasteiger partial charge in [-0.3, -0.25) is 0 Å². The Bertz CT molecular complexity index is 771. The Balaban J connectivity index is 0.00000392. The van der Waals surface area contributed by atoms with Gasteiger partial charge < -0.3 is 25.2 Å². The van der Waals surface area contributed by atoms with E-state index in [9.17, 15) is 5.11 Å². The van der Waals surface area contributed by atoms with E-state index in [1.54, 1.807) is 12.1 Å². The Kier molecular flexibility index (Phi) is 9.92. The van der Waals surface area contributed by atoms with Crippen molar-refractivity contribution in [2.24, 2.45) is 4.99 Å². The van der Waals surface area contributed by atoms with Crippen LogP contribution in [0.5, 0.6) is 17.2 Å². The summed E-state index contributed by atoms with van der Waals surface area (Å²) >= 11 is 0. The van der Waals surface area contributed by atoms with E-state index in [2.05, 4.69) is 41.6 Å². The number of ether oxygens (including phenoxy) is 2. The van der Waals surface area contributed by atoms with E-state index in [4.69, 9.17) is 9.47 Å². The average Bonchev–Trinajstić information content (AvgIpc) is 2.67. The second-order valence-corrected chi connectivity index (χ2v) is 6.27. The lowest BCUT2D eigenvalue weighted by atomic mass is 10.0. The first-order chi connectivity index (χ1) is 13.0. The lowest BCUT2D eigenvalue weighted by molar-refractivity contribution is 0.339. The lowest BCUT2D eigenvalue weighted by Crippen LogP contribution is -2.38. The zero-order valence-electron chi connectivity index (χ0n) is 17.1. The molecule has 3 N–H and O–H groups in total. The topological polar surface area (TPSA) is 75.1 Å². The molecule has 154 valence electrons. The molecule has 0 spiro atoms. The third-order valence-corrected chi connectivity index (χ3v) is 4.31. The highest BCUT2D eigenvalue weighted by molar-refractivity contribution is 14.0. The van der Waals surface area contributed by atoms with Crippen LogP contribution in [0.1, 0.15) is 36.6 Å². The molecule has 28 heavy (non-hydrogen) atoms. The van der Waals surface area contributed by atoms with Gasteiger partial charge in [0.25, 0.3) is 0 Å². The zero-order chi connectivity index (χ0) is 19.8. The number of phenolic OH excluding ortho intramolecular Hbond substituents is 1. The van der Waals surface area contributed by atoms with Gasteiger partial charge in [0.05, 0.1) is 26.8 Å². The summed E-state index contributed by atoms with van der Waals surface area (Å²) in [6, 6.07) is 11.9. The molecule has 0 saturated heterocycles. The number of guanidine groups is 1. The summed E-state index contributed by atoms with van der Waals surface area (Å²) in [6.07, 6.45) is 0. The van der Waals surface area contributed by atoms with Gasteiger partial charge in [0, 0.05) is 6.54 Å². The minimum Gasteiger partial charge on any atom is -0.502 e. The van der Waals surface area contributed by atoms with Crippen molar-refractivity contribution in [3.63, 3.8) is 0 Å². The van der Waals surface area contributed by atoms with Crippen LogP contribution < -0.4 is 20.1 Å². The molecule has 0 heterocycles. The summed E-state index contributed by atoms with van der Waals surface area (Å²) in [5, 5.41) is 16.7. The highest BCUT2D eigenvalue weighted by atomic mass is 127. The predicted octanol–water partition coefficient (Wildman–Crippen LogP) is 4.15. The van der Waals surface area contributed by atoms with Crippen molar-refractivity contribution in [3.05, 3.63) is 53.1 Å². The SMILES string of the molecule is CCNC(=NCc1cc(OC)c(O)c(OC)c1)NC(C)c1ccccc1C.I. The number of aryl methyl sites for hydroxylation is 1. The fraction of sp³-hybridized carbons (Fsp3) is 0.381. The highest BCUT2D eigenvalue weighted by Crippen LogP contribution is 2.37. The molecular formula is C21H30IN3O3. The second-order valence-electron chi connectivity index (χ2n) is 6.27. The number of nitrogens with zero attached hydrogens (tertiary/aromatic N) is 1. The molecule has 0 aromatic heterocycles. The van der Waals surface area contributed by atoms with Crippen molar-refractivity contribution >= 4 is 29.9 Å². The summed E-state index contributed by atoms with van der Waals surface area (Å²) in [4.78, 5) is 4.66. The molecule has 0 radical (unpaired) electrons. The normalized spacial score (nSPS) is 12.0. The summed E-state index contributed by atoms with van der Waals surface area (Å²) < 4.78 is 10.4. The minimum atomic E-state index is -0.00839. The van der Waals surface area contributed by atoms with Crippen LogP contribution >= 0.6 is 24.0 Å². The number of phenols is 1. The maximum atomic E-state index is 10.0. The number of halogens is 1. The van der Waals surface area contributed by atoms with Gasteiger partial charge in [0.2, 0.25) is 5.75 Å². The van der Waals surface area contributed by atoms with Gasteiger partial charge in [0.15, 0.2) is 17.5 Å². The van der Waals surface area contributed by atoms with Gasteiger partial charge in [-0.25, -0.2) is 4.99 Å². The average molecular weight is 499 g/mol. The Labute approximate surface area is 184 Å². The van der Waals surface area contributed by atoms with Crippen LogP contribution in [-0.4, -0.2) is 31.8 Å². The number of nitrogens with one attached hydrogen (secondary N) is 2. The number of hydrogen-bond acceptors (Lipinski definition) is 4. The van der Waals surface area contributed by atoms with Crippen LogP contribution in [0.15, 0.2) is 41.4 Å². The maximum Gasteiger partial charge on any atom is 0.200 e. The fourth-order valence-corrected chi connectivity index (χ4v) is 2.88. The van der Waals surface area contributed by atoms with Gasteiger partial charge in [-0.2, -0.15) is 0 Å². The number of aromatic hydroxyl groups is 1. The molecule has 0 saturated carbocycles. The summed E-state index contributed by atoms with van der Waals surface area (Å²) in [5.74, 6) is 1.45. The molecule has 0 aliphatic heterocycles. The maximum absolute atomic E-state index is 10.0. The molecular weight excluding hydrogens is 469 g/mol. The first-order valence-electron chi connectivity index (χ1n) is 9.04. The summed E-state index contributed by atoms with van der Waals surface area (Å²) in [5.41, 5.74) is 3.35. The van der Waals surface area contributed by atoms with Crippen molar-refractivity contribution in [1.82, 2.24) is 10.6 Å². The molecule has 0 aliphatic carbocycles. The predicted molar refractivity (Wildman–Crippen MR) is 124 cm³/mol. The van der Waals surface area contributed by atoms with Crippen molar-refractivity contribution in [3.8, 4) is 17.2 Å². The fourth-order valence-electron chi connectivity index (χ4n) is 2.88. The van der Waals surface area contributed by atoms with Crippen molar-refractivity contribution in [2.75, 3.05) is 20.8 Å². The highest BCUT2D eigenvalue weighted by Gasteiger charge is 2.12. The van der Waals surface area contributed by atoms with E-state index in [1.165, 1.54) is 25.3 Å². The summed E-state index contributed by atoms with van der Waals surface area (Å²) in [6.45, 7) is 7.42. The van der Waals surface area contributed by atoms with Gasteiger partial charge >= 0.3 is 0 Å². The molecule has 2 rings (SSSR count). The minimum absolute atomic E-state index is 0. The Morgan fingerprint density at radius 1 is 1.14 bits per heavy atom. The van der Waals surface area contributed by atoms with Crippen molar-refractivity contribution in [1.29, 1.82) is 0 Å². The quantitative estimate of drug-likeness (QED) is 0.303. The van der Waals surface area contributed by atoms with Gasteiger partial charge in [-0.1, -0.05) is 24.3 Å². The smallest absolute Gasteiger partial charge is 0.200 e. The molecule has 0 aliphatic rings. The molecule has 0 amide bonds. The van der Waals surface area contributed by atoms with Crippen LogP contribution in [-0.2, 0) is 6.54 Å². The molecule has 0 bridgehead atoms. The molecule has 0 fully saturated rings. The number of methoxy groups -OCH3 is 2. The van der Waals surface area contributed by atoms with Crippen molar-refractivity contribution in [2.45, 2.75) is 33.4 Å². The first kappa shape index (κ1) is 23.9. The van der Waals surface area contributed by atoms with E-state index in [0.717, 1.165) is 18.1 Å².